The lowest BCUT2D eigenvalue weighted by Crippen LogP contribution is -2.31. The lowest BCUT2D eigenvalue weighted by molar-refractivity contribution is 0.603. The molecule has 0 aromatic heterocycles. The number of benzene rings is 1. The molecule has 1 fully saturated rings. The van der Waals surface area contributed by atoms with Crippen LogP contribution in [0.3, 0.4) is 0 Å². The summed E-state index contributed by atoms with van der Waals surface area (Å²) in [6.07, 6.45) is 2.66. The van der Waals surface area contributed by atoms with E-state index < -0.39 is 0 Å². The van der Waals surface area contributed by atoms with Gasteiger partial charge < -0.3 is 4.90 Å². The summed E-state index contributed by atoms with van der Waals surface area (Å²) in [6, 6.07) is 5.58. The van der Waals surface area contributed by atoms with Crippen molar-refractivity contribution in [2.24, 2.45) is 5.92 Å². The molecule has 0 bridgehead atoms. The highest BCUT2D eigenvalue weighted by Gasteiger charge is 2.31. The van der Waals surface area contributed by atoms with Crippen LogP contribution in [0.4, 0.5) is 10.1 Å². The molecule has 0 N–H and O–H groups in total. The van der Waals surface area contributed by atoms with Gasteiger partial charge in [0.25, 0.3) is 0 Å². The minimum absolute atomic E-state index is 0.161. The molecule has 1 atom stereocenters. The van der Waals surface area contributed by atoms with Crippen molar-refractivity contribution >= 4 is 21.6 Å². The normalized spacial score (nSPS) is 17.2. The first kappa shape index (κ1) is 11.9. The van der Waals surface area contributed by atoms with Crippen molar-refractivity contribution in [3.05, 3.63) is 29.6 Å². The maximum Gasteiger partial charge on any atom is 0.123 e. The number of nitrogens with zero attached hydrogens (tertiary/aromatic N) is 1. The summed E-state index contributed by atoms with van der Waals surface area (Å²) in [5.41, 5.74) is 2.16. The monoisotopic (exact) mass is 285 g/mol. The van der Waals surface area contributed by atoms with Crippen LogP contribution in [0.1, 0.15) is 25.3 Å². The van der Waals surface area contributed by atoms with Crippen LogP contribution in [0.15, 0.2) is 18.2 Å². The average molecular weight is 286 g/mol. The Morgan fingerprint density at radius 1 is 1.50 bits per heavy atom. The summed E-state index contributed by atoms with van der Waals surface area (Å²) in [5, 5.41) is 0.696. The molecule has 1 aromatic carbocycles. The average Bonchev–Trinajstić information content (AvgIpc) is 3.10. The van der Waals surface area contributed by atoms with E-state index in [4.69, 9.17) is 0 Å². The molecule has 0 radical (unpaired) electrons. The third-order valence-electron chi connectivity index (χ3n) is 3.48. The van der Waals surface area contributed by atoms with E-state index >= 15 is 0 Å². The van der Waals surface area contributed by atoms with Gasteiger partial charge in [-0.1, -0.05) is 15.9 Å². The second-order valence-corrected chi connectivity index (χ2v) is 5.16. The van der Waals surface area contributed by atoms with Crippen molar-refractivity contribution in [3.8, 4) is 0 Å². The first-order chi connectivity index (χ1) is 7.63. The molecule has 0 saturated heterocycles. The lowest BCUT2D eigenvalue weighted by Gasteiger charge is -2.29. The van der Waals surface area contributed by atoms with Crippen molar-refractivity contribution < 1.29 is 4.39 Å². The highest BCUT2D eigenvalue weighted by molar-refractivity contribution is 9.08. The summed E-state index contributed by atoms with van der Waals surface area (Å²) in [4.78, 5) is 2.27. The minimum atomic E-state index is -0.161. The Morgan fingerprint density at radius 3 is 2.75 bits per heavy atom. The summed E-state index contributed by atoms with van der Waals surface area (Å²) >= 11 is 3.42. The van der Waals surface area contributed by atoms with Gasteiger partial charge in [0, 0.05) is 24.1 Å². The van der Waals surface area contributed by atoms with E-state index in [0.717, 1.165) is 17.2 Å². The molecular weight excluding hydrogens is 269 g/mol. The molecule has 16 heavy (non-hydrogen) atoms. The van der Waals surface area contributed by atoms with Crippen LogP contribution in [0, 0.1) is 11.7 Å². The van der Waals surface area contributed by atoms with Crippen molar-refractivity contribution in [2.45, 2.75) is 31.1 Å². The molecule has 1 saturated carbocycles. The molecule has 0 heterocycles. The quantitative estimate of drug-likeness (QED) is 0.757. The molecule has 0 aliphatic heterocycles. The van der Waals surface area contributed by atoms with Gasteiger partial charge in [0.15, 0.2) is 0 Å². The second-order valence-electron chi connectivity index (χ2n) is 4.60. The van der Waals surface area contributed by atoms with Gasteiger partial charge in [-0.2, -0.15) is 0 Å². The topological polar surface area (TPSA) is 3.24 Å². The fourth-order valence-corrected chi connectivity index (χ4v) is 2.57. The van der Waals surface area contributed by atoms with E-state index in [1.807, 2.05) is 6.07 Å². The summed E-state index contributed by atoms with van der Waals surface area (Å²) in [7, 11) is 2.10. The summed E-state index contributed by atoms with van der Waals surface area (Å²) in [6.45, 7) is 2.25. The molecule has 3 heteroatoms. The molecule has 2 rings (SSSR count). The number of hydrogen-bond donors (Lipinski definition) is 0. The van der Waals surface area contributed by atoms with Crippen molar-refractivity contribution in [1.82, 2.24) is 0 Å². The van der Waals surface area contributed by atoms with E-state index in [9.17, 15) is 4.39 Å². The molecular formula is C13H17BrFN. The van der Waals surface area contributed by atoms with Gasteiger partial charge in [-0.15, -0.1) is 0 Å². The predicted molar refractivity (Wildman–Crippen MR) is 69.6 cm³/mol. The third-order valence-corrected chi connectivity index (χ3v) is 4.08. The van der Waals surface area contributed by atoms with Crippen LogP contribution in [-0.4, -0.2) is 13.1 Å². The van der Waals surface area contributed by atoms with Crippen LogP contribution in [0.25, 0.3) is 0 Å². The largest absolute Gasteiger partial charge is 0.371 e. The highest BCUT2D eigenvalue weighted by atomic mass is 79.9. The Balaban J connectivity index is 2.23. The van der Waals surface area contributed by atoms with Crippen LogP contribution < -0.4 is 4.90 Å². The smallest absolute Gasteiger partial charge is 0.123 e. The van der Waals surface area contributed by atoms with E-state index in [-0.39, 0.29) is 5.82 Å². The van der Waals surface area contributed by atoms with Crippen molar-refractivity contribution in [2.75, 3.05) is 11.9 Å². The number of halogens is 2. The molecule has 1 aliphatic carbocycles. The Bertz CT molecular complexity index is 376. The molecule has 88 valence electrons. The minimum Gasteiger partial charge on any atom is -0.371 e. The first-order valence-corrected chi connectivity index (χ1v) is 6.83. The zero-order valence-corrected chi connectivity index (χ0v) is 11.3. The van der Waals surface area contributed by atoms with Crippen molar-refractivity contribution in [3.63, 3.8) is 0 Å². The van der Waals surface area contributed by atoms with Gasteiger partial charge in [-0.25, -0.2) is 4.39 Å². The Kier molecular flexibility index (Phi) is 3.53. The Morgan fingerprint density at radius 2 is 2.19 bits per heavy atom. The van der Waals surface area contributed by atoms with Crippen molar-refractivity contribution in [1.29, 1.82) is 0 Å². The standard InChI is InChI=1S/C13H17BrFN/c1-9(10-3-4-10)16(2)13-6-5-12(15)7-11(13)8-14/h5-7,9-10H,3-4,8H2,1-2H3. The Labute approximate surface area is 105 Å². The van der Waals surface area contributed by atoms with Gasteiger partial charge in [0.1, 0.15) is 5.82 Å². The molecule has 0 spiro atoms. The van der Waals surface area contributed by atoms with E-state index in [1.54, 1.807) is 6.07 Å². The zero-order chi connectivity index (χ0) is 11.7. The number of hydrogen-bond acceptors (Lipinski definition) is 1. The number of rotatable bonds is 4. The van der Waals surface area contributed by atoms with Crippen LogP contribution >= 0.6 is 15.9 Å². The molecule has 1 aliphatic rings. The fourth-order valence-electron chi connectivity index (χ4n) is 2.12. The van der Waals surface area contributed by atoms with E-state index in [0.29, 0.717) is 11.4 Å². The fraction of sp³-hybridized carbons (Fsp3) is 0.538. The van der Waals surface area contributed by atoms with E-state index in [1.165, 1.54) is 18.9 Å². The van der Waals surface area contributed by atoms with Gasteiger partial charge >= 0.3 is 0 Å². The lowest BCUT2D eigenvalue weighted by atomic mass is 10.1. The maximum absolute atomic E-state index is 13.1. The van der Waals surface area contributed by atoms with Gasteiger partial charge in [-0.05, 0) is 49.4 Å². The van der Waals surface area contributed by atoms with Crippen LogP contribution in [-0.2, 0) is 5.33 Å². The van der Waals surface area contributed by atoms with Gasteiger partial charge in [0.2, 0.25) is 0 Å². The number of anilines is 1. The summed E-state index contributed by atoms with van der Waals surface area (Å²) < 4.78 is 13.1. The molecule has 1 nitrogen and oxygen atoms in total. The second kappa shape index (κ2) is 4.74. The first-order valence-electron chi connectivity index (χ1n) is 5.70. The summed E-state index contributed by atoms with van der Waals surface area (Å²) in [5.74, 6) is 0.656. The van der Waals surface area contributed by atoms with Crippen LogP contribution in [0.2, 0.25) is 0 Å². The number of alkyl halides is 1. The van der Waals surface area contributed by atoms with Gasteiger partial charge in [0.05, 0.1) is 0 Å². The van der Waals surface area contributed by atoms with E-state index in [2.05, 4.69) is 34.8 Å². The SMILES string of the molecule is CC(C1CC1)N(C)c1ccc(F)cc1CBr. The van der Waals surface area contributed by atoms with Gasteiger partial charge in [-0.3, -0.25) is 0 Å². The molecule has 1 aromatic rings. The predicted octanol–water partition coefficient (Wildman–Crippen LogP) is 3.96. The Hall–Kier alpha value is -0.570. The van der Waals surface area contributed by atoms with Crippen LogP contribution in [0.5, 0.6) is 0 Å². The molecule has 0 amide bonds. The molecule has 1 unspecified atom stereocenters. The zero-order valence-electron chi connectivity index (χ0n) is 9.71. The maximum atomic E-state index is 13.1. The third kappa shape index (κ3) is 2.40. The highest BCUT2D eigenvalue weighted by Crippen LogP contribution is 2.37.